The number of halogens is 3. The van der Waals surface area contributed by atoms with Crippen molar-refractivity contribution in [2.45, 2.75) is 51.2 Å². The van der Waals surface area contributed by atoms with Gasteiger partial charge in [-0.15, -0.1) is 0 Å². The summed E-state index contributed by atoms with van der Waals surface area (Å²) in [6.45, 7) is 0.998. The Morgan fingerprint density at radius 3 is 2.47 bits per heavy atom. The van der Waals surface area contributed by atoms with Crippen molar-refractivity contribution in [2.75, 3.05) is 13.6 Å². The molecule has 1 aliphatic rings. The van der Waals surface area contributed by atoms with Gasteiger partial charge in [0.05, 0.1) is 12.5 Å². The molecule has 3 atom stereocenters. The van der Waals surface area contributed by atoms with E-state index in [0.29, 0.717) is 18.8 Å². The molecule has 1 aliphatic carbocycles. The predicted molar refractivity (Wildman–Crippen MR) is 65.8 cm³/mol. The summed E-state index contributed by atoms with van der Waals surface area (Å²) in [4.78, 5) is 12.4. The van der Waals surface area contributed by atoms with E-state index in [0.717, 1.165) is 19.3 Å². The van der Waals surface area contributed by atoms with Crippen molar-refractivity contribution in [2.24, 2.45) is 11.8 Å². The average Bonchev–Trinajstić information content (AvgIpc) is 2.26. The van der Waals surface area contributed by atoms with E-state index in [4.69, 9.17) is 5.11 Å². The number of nitrogens with zero attached hydrogens (tertiary/aromatic N) is 1. The van der Waals surface area contributed by atoms with Crippen LogP contribution in [0.5, 0.6) is 0 Å². The normalized spacial score (nSPS) is 28.6. The lowest BCUT2D eigenvalue weighted by molar-refractivity contribution is -0.160. The van der Waals surface area contributed by atoms with Gasteiger partial charge in [0, 0.05) is 6.04 Å². The van der Waals surface area contributed by atoms with Crippen LogP contribution in [0, 0.1) is 11.8 Å². The zero-order chi connectivity index (χ0) is 14.6. The van der Waals surface area contributed by atoms with Gasteiger partial charge in [-0.25, -0.2) is 0 Å². The molecule has 0 bridgehead atoms. The molecule has 0 radical (unpaired) electrons. The molecular formula is C13H22F3NO2. The van der Waals surface area contributed by atoms with E-state index in [1.54, 1.807) is 0 Å². The second-order valence-electron chi connectivity index (χ2n) is 5.51. The van der Waals surface area contributed by atoms with Gasteiger partial charge in [-0.2, -0.15) is 13.2 Å². The summed E-state index contributed by atoms with van der Waals surface area (Å²) < 4.78 is 37.3. The van der Waals surface area contributed by atoms with E-state index in [1.165, 1.54) is 11.9 Å². The molecule has 0 aromatic rings. The van der Waals surface area contributed by atoms with Crippen LogP contribution in [0.25, 0.3) is 0 Å². The van der Waals surface area contributed by atoms with Crippen molar-refractivity contribution in [1.82, 2.24) is 4.90 Å². The van der Waals surface area contributed by atoms with E-state index in [1.807, 2.05) is 6.92 Å². The van der Waals surface area contributed by atoms with Gasteiger partial charge in [0.15, 0.2) is 0 Å². The standard InChI is InChI=1S/C13H22F3NO2/c1-3-4-9-5-6-10(12(18)19)11(7-9)17(2)8-13(14,15)16/h9-11H,3-8H2,1-2H3,(H,18,19). The first-order valence-corrected chi connectivity index (χ1v) is 6.74. The number of carbonyl (C=O) groups is 1. The number of alkyl halides is 3. The second kappa shape index (κ2) is 6.59. The number of hydrogen-bond acceptors (Lipinski definition) is 2. The van der Waals surface area contributed by atoms with Gasteiger partial charge in [0.25, 0.3) is 0 Å². The van der Waals surface area contributed by atoms with Crippen LogP contribution in [0.15, 0.2) is 0 Å². The first kappa shape index (κ1) is 16.3. The highest BCUT2D eigenvalue weighted by Crippen LogP contribution is 2.35. The van der Waals surface area contributed by atoms with Crippen molar-refractivity contribution >= 4 is 5.97 Å². The molecule has 0 heterocycles. The zero-order valence-corrected chi connectivity index (χ0v) is 11.4. The Bertz CT molecular complexity index is 307. The minimum absolute atomic E-state index is 0.348. The summed E-state index contributed by atoms with van der Waals surface area (Å²) in [5.41, 5.74) is 0. The van der Waals surface area contributed by atoms with Crippen LogP contribution in [0.2, 0.25) is 0 Å². The van der Waals surface area contributed by atoms with Gasteiger partial charge in [0.2, 0.25) is 0 Å². The number of aliphatic carboxylic acids is 1. The van der Waals surface area contributed by atoms with Gasteiger partial charge in [0.1, 0.15) is 0 Å². The highest BCUT2D eigenvalue weighted by atomic mass is 19.4. The second-order valence-corrected chi connectivity index (χ2v) is 5.51. The van der Waals surface area contributed by atoms with Crippen LogP contribution < -0.4 is 0 Å². The fourth-order valence-corrected chi connectivity index (χ4v) is 3.08. The van der Waals surface area contributed by atoms with Gasteiger partial charge in [-0.3, -0.25) is 9.69 Å². The Morgan fingerprint density at radius 2 is 2.00 bits per heavy atom. The Kier molecular flexibility index (Phi) is 5.64. The van der Waals surface area contributed by atoms with Crippen molar-refractivity contribution in [3.63, 3.8) is 0 Å². The third kappa shape index (κ3) is 5.01. The first-order valence-electron chi connectivity index (χ1n) is 6.74. The molecule has 0 saturated heterocycles. The Labute approximate surface area is 111 Å². The van der Waals surface area contributed by atoms with Crippen LogP contribution in [0.4, 0.5) is 13.2 Å². The van der Waals surface area contributed by atoms with E-state index >= 15 is 0 Å². The number of carboxylic acid groups (broad SMARTS) is 1. The molecular weight excluding hydrogens is 259 g/mol. The fourth-order valence-electron chi connectivity index (χ4n) is 3.08. The van der Waals surface area contributed by atoms with Crippen LogP contribution in [0.3, 0.4) is 0 Å². The van der Waals surface area contributed by atoms with Crippen molar-refractivity contribution < 1.29 is 23.1 Å². The maximum absolute atomic E-state index is 12.4. The molecule has 0 aromatic carbocycles. The summed E-state index contributed by atoms with van der Waals surface area (Å²) in [7, 11) is 1.38. The van der Waals surface area contributed by atoms with Crippen molar-refractivity contribution in [1.29, 1.82) is 0 Å². The maximum Gasteiger partial charge on any atom is 0.401 e. The van der Waals surface area contributed by atoms with Crippen LogP contribution >= 0.6 is 0 Å². The van der Waals surface area contributed by atoms with Crippen molar-refractivity contribution in [3.05, 3.63) is 0 Å². The summed E-state index contributed by atoms with van der Waals surface area (Å²) in [6.07, 6.45) is -0.498. The molecule has 3 nitrogen and oxygen atoms in total. The lowest BCUT2D eigenvalue weighted by Crippen LogP contribution is -2.48. The quantitative estimate of drug-likeness (QED) is 0.841. The molecule has 1 N–H and O–H groups in total. The lowest BCUT2D eigenvalue weighted by atomic mass is 9.76. The van der Waals surface area contributed by atoms with Crippen LogP contribution in [-0.4, -0.2) is 41.8 Å². The van der Waals surface area contributed by atoms with E-state index in [2.05, 4.69) is 0 Å². The predicted octanol–water partition coefficient (Wildman–Crippen LogP) is 3.15. The van der Waals surface area contributed by atoms with Crippen molar-refractivity contribution in [3.8, 4) is 0 Å². The Hall–Kier alpha value is -0.780. The summed E-state index contributed by atoms with van der Waals surface area (Å²) in [6, 6.07) is -0.510. The monoisotopic (exact) mass is 281 g/mol. The fraction of sp³-hybridized carbons (Fsp3) is 0.923. The molecule has 112 valence electrons. The molecule has 0 aromatic heterocycles. The van der Waals surface area contributed by atoms with E-state index in [-0.39, 0.29) is 0 Å². The highest BCUT2D eigenvalue weighted by Gasteiger charge is 2.40. The number of carboxylic acids is 1. The molecule has 1 rings (SSSR count). The largest absolute Gasteiger partial charge is 0.481 e. The minimum atomic E-state index is -4.28. The third-order valence-corrected chi connectivity index (χ3v) is 3.93. The smallest absolute Gasteiger partial charge is 0.401 e. The molecule has 1 fully saturated rings. The highest BCUT2D eigenvalue weighted by molar-refractivity contribution is 5.71. The SMILES string of the molecule is CCCC1CCC(C(=O)O)C(N(C)CC(F)(F)F)C1. The molecule has 19 heavy (non-hydrogen) atoms. The summed E-state index contributed by atoms with van der Waals surface area (Å²) in [5.74, 6) is -1.31. The molecule has 1 saturated carbocycles. The topological polar surface area (TPSA) is 40.5 Å². The van der Waals surface area contributed by atoms with Gasteiger partial charge in [-0.05, 0) is 32.2 Å². The third-order valence-electron chi connectivity index (χ3n) is 3.93. The molecule has 0 aliphatic heterocycles. The Morgan fingerprint density at radius 1 is 1.37 bits per heavy atom. The van der Waals surface area contributed by atoms with Gasteiger partial charge >= 0.3 is 12.1 Å². The number of hydrogen-bond donors (Lipinski definition) is 1. The van der Waals surface area contributed by atoms with E-state index in [9.17, 15) is 18.0 Å². The minimum Gasteiger partial charge on any atom is -0.481 e. The van der Waals surface area contributed by atoms with Crippen LogP contribution in [0.1, 0.15) is 39.0 Å². The first-order chi connectivity index (χ1) is 8.74. The van der Waals surface area contributed by atoms with E-state index < -0.39 is 30.7 Å². The van der Waals surface area contributed by atoms with Gasteiger partial charge in [-0.1, -0.05) is 19.8 Å². The summed E-state index contributed by atoms with van der Waals surface area (Å²) >= 11 is 0. The number of rotatable bonds is 5. The average molecular weight is 281 g/mol. The van der Waals surface area contributed by atoms with Gasteiger partial charge < -0.3 is 5.11 Å². The lowest BCUT2D eigenvalue weighted by Gasteiger charge is -2.39. The molecule has 6 heteroatoms. The molecule has 0 spiro atoms. The molecule has 0 amide bonds. The van der Waals surface area contributed by atoms with Crippen LogP contribution in [-0.2, 0) is 4.79 Å². The maximum atomic E-state index is 12.4. The summed E-state index contributed by atoms with van der Waals surface area (Å²) in [5, 5.41) is 9.16. The zero-order valence-electron chi connectivity index (χ0n) is 11.4. The molecule has 3 unspecified atom stereocenters. The Balaban J connectivity index is 2.73.